The summed E-state index contributed by atoms with van der Waals surface area (Å²) >= 11 is 0. The van der Waals surface area contributed by atoms with E-state index in [0.717, 1.165) is 0 Å². The van der Waals surface area contributed by atoms with Crippen LogP contribution in [0.4, 0.5) is 0 Å². The Bertz CT molecular complexity index is 387. The van der Waals surface area contributed by atoms with E-state index in [1.54, 1.807) is 0 Å². The van der Waals surface area contributed by atoms with E-state index in [1.165, 1.54) is 6.04 Å². The third kappa shape index (κ3) is 3.22. The molecule has 2 atom stereocenters. The Hall–Kier alpha value is -0.123. The van der Waals surface area contributed by atoms with E-state index in [4.69, 9.17) is 9.16 Å². The Morgan fingerprint density at radius 3 is 2.00 bits per heavy atom. The van der Waals surface area contributed by atoms with Crippen molar-refractivity contribution in [2.75, 3.05) is 6.61 Å². The van der Waals surface area contributed by atoms with E-state index in [-0.39, 0.29) is 10.1 Å². The van der Waals surface area contributed by atoms with Crippen molar-refractivity contribution < 1.29 is 9.16 Å². The molecule has 1 rings (SSSR count). The fraction of sp³-hybridized carbons (Fsp3) is 0.895. The van der Waals surface area contributed by atoms with Gasteiger partial charge in [-0.2, -0.15) is 0 Å². The number of rotatable bonds is 4. The molecule has 0 spiro atoms. The Labute approximate surface area is 139 Å². The Kier molecular flexibility index (Phi) is 5.80. The first-order chi connectivity index (χ1) is 9.87. The number of ether oxygens (including phenoxy) is 1. The molecule has 0 saturated carbocycles. The lowest BCUT2D eigenvalue weighted by Crippen LogP contribution is -2.54. The molecule has 0 unspecified atom stereocenters. The van der Waals surface area contributed by atoms with Gasteiger partial charge in [-0.1, -0.05) is 61.5 Å². The zero-order chi connectivity index (χ0) is 17.4. The van der Waals surface area contributed by atoms with Crippen LogP contribution in [0.25, 0.3) is 0 Å². The molecule has 1 fully saturated rings. The summed E-state index contributed by atoms with van der Waals surface area (Å²) in [5.74, 6) is 0.431. The lowest BCUT2D eigenvalue weighted by molar-refractivity contribution is -0.174. The van der Waals surface area contributed by atoms with Crippen LogP contribution in [-0.2, 0) is 9.16 Å². The quantitative estimate of drug-likeness (QED) is 0.456. The molecular formula is C19H38O2Si. The molecule has 0 bridgehead atoms. The van der Waals surface area contributed by atoms with Crippen LogP contribution in [0.1, 0.15) is 69.2 Å². The van der Waals surface area contributed by atoms with Crippen LogP contribution in [0.2, 0.25) is 16.1 Å². The Morgan fingerprint density at radius 1 is 1.18 bits per heavy atom. The second-order valence-corrected chi connectivity index (χ2v) is 14.4. The van der Waals surface area contributed by atoms with Gasteiger partial charge in [-0.25, -0.2) is 0 Å². The second kappa shape index (κ2) is 6.41. The van der Waals surface area contributed by atoms with Gasteiger partial charge in [0.05, 0.1) is 0 Å². The summed E-state index contributed by atoms with van der Waals surface area (Å²) < 4.78 is 13.3. The van der Waals surface area contributed by atoms with Gasteiger partial charge in [0, 0.05) is 12.5 Å². The van der Waals surface area contributed by atoms with Crippen LogP contribution in [0.15, 0.2) is 12.2 Å². The van der Waals surface area contributed by atoms with Crippen molar-refractivity contribution >= 4 is 8.32 Å². The molecular weight excluding hydrogens is 288 g/mol. The molecule has 0 aliphatic carbocycles. The Morgan fingerprint density at radius 2 is 1.68 bits per heavy atom. The molecule has 0 aromatic rings. The van der Waals surface area contributed by atoms with Gasteiger partial charge in [0.2, 0.25) is 8.32 Å². The van der Waals surface area contributed by atoms with Crippen LogP contribution in [-0.4, -0.2) is 20.7 Å². The largest absolute Gasteiger partial charge is 0.386 e. The molecule has 2 nitrogen and oxygen atoms in total. The predicted octanol–water partition coefficient (Wildman–Crippen LogP) is 6.14. The highest BCUT2D eigenvalue weighted by molar-refractivity contribution is 6.80. The maximum atomic E-state index is 7.05. The fourth-order valence-electron chi connectivity index (χ4n) is 4.39. The molecule has 1 aliphatic rings. The molecule has 0 N–H and O–H groups in total. The number of hydrogen-bond acceptors (Lipinski definition) is 2. The fourth-order valence-corrected chi connectivity index (χ4v) is 10.8. The lowest BCUT2D eigenvalue weighted by atomic mass is 9.88. The minimum Gasteiger partial charge on any atom is -0.386 e. The normalized spacial score (nSPS) is 29.7. The summed E-state index contributed by atoms with van der Waals surface area (Å²) in [5, 5.41) is 0.359. The summed E-state index contributed by atoms with van der Waals surface area (Å²) in [4.78, 5) is 0. The van der Waals surface area contributed by atoms with Crippen LogP contribution in [0.5, 0.6) is 0 Å². The highest BCUT2D eigenvalue weighted by Gasteiger charge is 2.66. The standard InChI is InChI=1S/C19H38O2Si/c1-11-13-19(20-12-2)16(15(3)4)14-22(21-19,17(5,6)7)18(8,9)10/h11,13,15-16H,12,14H2,1-10H3/b13-11-/t16-,19-/m1/s1. The highest BCUT2D eigenvalue weighted by Crippen LogP contribution is 2.63. The summed E-state index contributed by atoms with van der Waals surface area (Å²) in [7, 11) is -2.05. The van der Waals surface area contributed by atoms with E-state index >= 15 is 0 Å². The first kappa shape index (κ1) is 19.9. The SMILES string of the molecule is C/C=C\[C@@]1(OCC)O[Si](C(C)(C)C)(C(C)(C)C)C[C@@H]1C(C)C. The predicted molar refractivity (Wildman–Crippen MR) is 98.6 cm³/mol. The summed E-state index contributed by atoms with van der Waals surface area (Å²) in [6, 6.07) is 1.17. The highest BCUT2D eigenvalue weighted by atomic mass is 28.4. The van der Waals surface area contributed by atoms with Gasteiger partial charge in [0.25, 0.3) is 0 Å². The molecule has 0 amide bonds. The van der Waals surface area contributed by atoms with Crippen LogP contribution < -0.4 is 0 Å². The van der Waals surface area contributed by atoms with Crippen molar-refractivity contribution in [1.82, 2.24) is 0 Å². The van der Waals surface area contributed by atoms with Gasteiger partial charge >= 0.3 is 0 Å². The Balaban J connectivity index is 3.49. The molecule has 1 aliphatic heterocycles. The van der Waals surface area contributed by atoms with Gasteiger partial charge in [0.15, 0.2) is 5.79 Å². The maximum absolute atomic E-state index is 7.05. The monoisotopic (exact) mass is 326 g/mol. The van der Waals surface area contributed by atoms with E-state index in [9.17, 15) is 0 Å². The number of hydrogen-bond donors (Lipinski definition) is 0. The van der Waals surface area contributed by atoms with E-state index in [2.05, 4.69) is 81.4 Å². The molecule has 1 heterocycles. The molecule has 22 heavy (non-hydrogen) atoms. The summed E-state index contributed by atoms with van der Waals surface area (Å²) in [6.45, 7) is 23.6. The second-order valence-electron chi connectivity index (χ2n) is 9.14. The van der Waals surface area contributed by atoms with E-state index in [1.807, 2.05) is 0 Å². The van der Waals surface area contributed by atoms with Crippen molar-refractivity contribution in [3.63, 3.8) is 0 Å². The van der Waals surface area contributed by atoms with E-state index < -0.39 is 14.1 Å². The molecule has 130 valence electrons. The maximum Gasteiger partial charge on any atom is 0.208 e. The average Bonchev–Trinajstić information content (AvgIpc) is 2.65. The van der Waals surface area contributed by atoms with Gasteiger partial charge < -0.3 is 9.16 Å². The number of allylic oxidation sites excluding steroid dienone is 1. The van der Waals surface area contributed by atoms with Gasteiger partial charge in [-0.15, -0.1) is 0 Å². The molecule has 0 aromatic heterocycles. The minimum absolute atomic E-state index is 0.179. The van der Waals surface area contributed by atoms with Crippen molar-refractivity contribution in [2.45, 2.75) is 91.1 Å². The molecule has 1 saturated heterocycles. The van der Waals surface area contributed by atoms with Crippen molar-refractivity contribution in [2.24, 2.45) is 11.8 Å². The molecule has 0 radical (unpaired) electrons. The third-order valence-electron chi connectivity index (χ3n) is 5.35. The third-order valence-corrected chi connectivity index (χ3v) is 11.9. The zero-order valence-corrected chi connectivity index (χ0v) is 17.5. The lowest BCUT2D eigenvalue weighted by Gasteiger charge is -2.49. The first-order valence-electron chi connectivity index (χ1n) is 8.85. The minimum atomic E-state index is -2.05. The van der Waals surface area contributed by atoms with Crippen molar-refractivity contribution in [3.05, 3.63) is 12.2 Å². The van der Waals surface area contributed by atoms with E-state index in [0.29, 0.717) is 18.4 Å². The average molecular weight is 327 g/mol. The van der Waals surface area contributed by atoms with Crippen molar-refractivity contribution in [1.29, 1.82) is 0 Å². The summed E-state index contributed by atoms with van der Waals surface area (Å²) in [6.07, 6.45) is 4.27. The van der Waals surface area contributed by atoms with Gasteiger partial charge in [-0.05, 0) is 42.0 Å². The molecule has 3 heteroatoms. The molecule has 0 aromatic carbocycles. The first-order valence-corrected chi connectivity index (χ1v) is 11.0. The van der Waals surface area contributed by atoms with Gasteiger partial charge in [0.1, 0.15) is 0 Å². The topological polar surface area (TPSA) is 18.5 Å². The van der Waals surface area contributed by atoms with Crippen molar-refractivity contribution in [3.8, 4) is 0 Å². The van der Waals surface area contributed by atoms with Gasteiger partial charge in [-0.3, -0.25) is 0 Å². The van der Waals surface area contributed by atoms with Crippen LogP contribution in [0, 0.1) is 11.8 Å². The summed E-state index contributed by atoms with van der Waals surface area (Å²) in [5.41, 5.74) is 0. The zero-order valence-electron chi connectivity index (χ0n) is 16.5. The smallest absolute Gasteiger partial charge is 0.208 e. The van der Waals surface area contributed by atoms with Crippen LogP contribution >= 0.6 is 0 Å². The van der Waals surface area contributed by atoms with Crippen LogP contribution in [0.3, 0.4) is 0 Å².